The number of likely N-dealkylation sites (N-methyl/N-ethyl adjacent to an activating group) is 1. The summed E-state index contributed by atoms with van der Waals surface area (Å²) in [6.45, 7) is 1.51. The average Bonchev–Trinajstić information content (AvgIpc) is 3.33. The number of likely N-dealkylation sites (tertiary alicyclic amines) is 1. The summed E-state index contributed by atoms with van der Waals surface area (Å²) in [5.74, 6) is 1.48. The van der Waals surface area contributed by atoms with Gasteiger partial charge in [-0.05, 0) is 68.2 Å². The normalized spacial score (nSPS) is 19.6. The molecule has 0 radical (unpaired) electrons. The van der Waals surface area contributed by atoms with E-state index < -0.39 is 0 Å². The molecular formula is C27H36N4O3. The number of ether oxygens (including phenoxy) is 1. The zero-order valence-corrected chi connectivity index (χ0v) is 20.5. The van der Waals surface area contributed by atoms with Gasteiger partial charge in [0.1, 0.15) is 11.4 Å². The average molecular weight is 465 g/mol. The van der Waals surface area contributed by atoms with Crippen molar-refractivity contribution in [1.82, 2.24) is 19.6 Å². The second kappa shape index (κ2) is 10.9. The van der Waals surface area contributed by atoms with Crippen LogP contribution in [0.25, 0.3) is 0 Å². The van der Waals surface area contributed by atoms with Crippen molar-refractivity contribution in [1.29, 1.82) is 0 Å². The summed E-state index contributed by atoms with van der Waals surface area (Å²) >= 11 is 0. The lowest BCUT2D eigenvalue weighted by Crippen LogP contribution is -2.49. The Bertz CT molecular complexity index is 1020. The molecule has 2 heterocycles. The zero-order valence-electron chi connectivity index (χ0n) is 20.5. The second-order valence-corrected chi connectivity index (χ2v) is 9.56. The lowest BCUT2D eigenvalue weighted by atomic mass is 9.84. The Hall–Kier alpha value is -3.09. The molecule has 0 spiro atoms. The summed E-state index contributed by atoms with van der Waals surface area (Å²) in [6.07, 6.45) is 11.4. The highest BCUT2D eigenvalue weighted by atomic mass is 16.5. The second-order valence-electron chi connectivity index (χ2n) is 9.56. The Morgan fingerprint density at radius 2 is 1.97 bits per heavy atom. The maximum absolute atomic E-state index is 13.3. The molecule has 2 atom stereocenters. The number of amides is 2. The van der Waals surface area contributed by atoms with Crippen molar-refractivity contribution < 1.29 is 14.3 Å². The van der Waals surface area contributed by atoms with Crippen LogP contribution in [0.1, 0.15) is 48.2 Å². The predicted molar refractivity (Wildman–Crippen MR) is 132 cm³/mol. The van der Waals surface area contributed by atoms with Crippen LogP contribution in [0.5, 0.6) is 5.75 Å². The minimum atomic E-state index is -0.0685. The van der Waals surface area contributed by atoms with E-state index in [-0.39, 0.29) is 17.9 Å². The smallest absolute Gasteiger partial charge is 0.274 e. The van der Waals surface area contributed by atoms with Crippen molar-refractivity contribution in [3.63, 3.8) is 0 Å². The van der Waals surface area contributed by atoms with Crippen LogP contribution in [0, 0.1) is 11.8 Å². The quantitative estimate of drug-likeness (QED) is 0.586. The lowest BCUT2D eigenvalue weighted by Gasteiger charge is -2.41. The summed E-state index contributed by atoms with van der Waals surface area (Å²) in [5, 5.41) is 4.33. The van der Waals surface area contributed by atoms with Crippen LogP contribution in [0.3, 0.4) is 0 Å². The number of carbonyl (C=O) groups is 2. The fourth-order valence-electron chi connectivity index (χ4n) is 5.30. The van der Waals surface area contributed by atoms with Gasteiger partial charge in [-0.1, -0.05) is 24.3 Å². The van der Waals surface area contributed by atoms with Crippen LogP contribution in [0.4, 0.5) is 0 Å². The summed E-state index contributed by atoms with van der Waals surface area (Å²) < 4.78 is 7.07. The van der Waals surface area contributed by atoms with Crippen LogP contribution >= 0.6 is 0 Å². The molecule has 34 heavy (non-hydrogen) atoms. The monoisotopic (exact) mass is 464 g/mol. The molecule has 7 heteroatoms. The van der Waals surface area contributed by atoms with Crippen molar-refractivity contribution in [3.05, 3.63) is 59.9 Å². The van der Waals surface area contributed by atoms with Gasteiger partial charge in [0.15, 0.2) is 0 Å². The number of benzene rings is 1. The number of hydrogen-bond acceptors (Lipinski definition) is 4. The number of nitrogens with zero attached hydrogens (tertiary/aromatic N) is 4. The van der Waals surface area contributed by atoms with E-state index in [0.717, 1.165) is 62.9 Å². The van der Waals surface area contributed by atoms with Gasteiger partial charge < -0.3 is 14.5 Å². The number of carbonyl (C=O) groups excluding carboxylic acids is 2. The first kappa shape index (κ1) is 24.0. The van der Waals surface area contributed by atoms with E-state index in [9.17, 15) is 9.59 Å². The Labute approximate surface area is 202 Å². The molecule has 0 unspecified atom stereocenters. The molecule has 1 aliphatic heterocycles. The van der Waals surface area contributed by atoms with E-state index in [1.54, 1.807) is 24.1 Å². The van der Waals surface area contributed by atoms with Gasteiger partial charge in [0.05, 0.1) is 7.11 Å². The molecule has 0 saturated carbocycles. The van der Waals surface area contributed by atoms with Gasteiger partial charge in [0.25, 0.3) is 5.91 Å². The van der Waals surface area contributed by atoms with Gasteiger partial charge in [-0.2, -0.15) is 5.10 Å². The van der Waals surface area contributed by atoms with Gasteiger partial charge in [0.2, 0.25) is 5.91 Å². The van der Waals surface area contributed by atoms with E-state index in [1.165, 1.54) is 0 Å². The predicted octanol–water partition coefficient (Wildman–Crippen LogP) is 3.71. The molecule has 1 aromatic heterocycles. The van der Waals surface area contributed by atoms with Crippen LogP contribution < -0.4 is 4.74 Å². The molecule has 7 nitrogen and oxygen atoms in total. The summed E-state index contributed by atoms with van der Waals surface area (Å²) in [6, 6.07) is 9.83. The number of aromatic nitrogens is 2. The fraction of sp³-hybridized carbons (Fsp3) is 0.519. The fourth-order valence-corrected chi connectivity index (χ4v) is 5.30. The first-order valence-corrected chi connectivity index (χ1v) is 12.3. The topological polar surface area (TPSA) is 67.7 Å². The first-order valence-electron chi connectivity index (χ1n) is 12.3. The molecule has 4 rings (SSSR count). The molecule has 1 aliphatic carbocycles. The maximum atomic E-state index is 13.3. The van der Waals surface area contributed by atoms with Gasteiger partial charge >= 0.3 is 0 Å². The van der Waals surface area contributed by atoms with Gasteiger partial charge in [-0.25, -0.2) is 0 Å². The van der Waals surface area contributed by atoms with Gasteiger partial charge in [-0.3, -0.25) is 14.3 Å². The highest BCUT2D eigenvalue weighted by Gasteiger charge is 2.35. The molecular weight excluding hydrogens is 428 g/mol. The van der Waals surface area contributed by atoms with Crippen LogP contribution in [-0.2, 0) is 18.3 Å². The standard InChI is InChI=1S/C27H36N4O3/c1-29-15-14-24(28-29)27(33)30(2)25(19-20-8-7-11-23(18-20)34-3)21-12-16-31(17-13-21)26(32)22-9-5-4-6-10-22/h4-5,7-8,11,14-15,18,21-22,25H,6,9-10,12-13,16-17,19H2,1-3H3/t22-,25-/m0/s1. The minimum Gasteiger partial charge on any atom is -0.497 e. The van der Waals surface area contributed by atoms with Crippen molar-refractivity contribution in [2.45, 2.75) is 44.6 Å². The Kier molecular flexibility index (Phi) is 7.70. The van der Waals surface area contributed by atoms with E-state index in [0.29, 0.717) is 17.5 Å². The maximum Gasteiger partial charge on any atom is 0.274 e. The molecule has 1 saturated heterocycles. The third kappa shape index (κ3) is 5.51. The summed E-state index contributed by atoms with van der Waals surface area (Å²) in [5.41, 5.74) is 1.59. The number of hydrogen-bond donors (Lipinski definition) is 0. The highest BCUT2D eigenvalue weighted by molar-refractivity contribution is 5.92. The Balaban J connectivity index is 1.49. The lowest BCUT2D eigenvalue weighted by molar-refractivity contribution is -0.137. The SMILES string of the molecule is COc1cccc(C[C@@H](C2CCN(C(=O)[C@H]3CC=CCC3)CC2)N(C)C(=O)c2ccn(C)n2)c1. The van der Waals surface area contributed by atoms with Crippen LogP contribution in [-0.4, -0.2) is 64.7 Å². The van der Waals surface area contributed by atoms with Crippen LogP contribution in [0.15, 0.2) is 48.7 Å². The summed E-state index contributed by atoms with van der Waals surface area (Å²) in [4.78, 5) is 30.2. The minimum absolute atomic E-state index is 0.0106. The molecule has 182 valence electrons. The molecule has 1 aromatic carbocycles. The van der Waals surface area contributed by atoms with Gasteiger partial charge in [-0.15, -0.1) is 0 Å². The largest absolute Gasteiger partial charge is 0.497 e. The molecule has 1 fully saturated rings. The van der Waals surface area contributed by atoms with Gasteiger partial charge in [0, 0.05) is 45.3 Å². The zero-order chi connectivity index (χ0) is 24.1. The number of allylic oxidation sites excluding steroid dienone is 2. The summed E-state index contributed by atoms with van der Waals surface area (Å²) in [7, 11) is 5.37. The highest BCUT2D eigenvalue weighted by Crippen LogP contribution is 2.30. The Morgan fingerprint density at radius 1 is 1.18 bits per heavy atom. The first-order chi connectivity index (χ1) is 16.5. The molecule has 2 amide bonds. The van der Waals surface area contributed by atoms with E-state index in [2.05, 4.69) is 23.3 Å². The molecule has 0 bridgehead atoms. The Morgan fingerprint density at radius 3 is 2.62 bits per heavy atom. The van der Waals surface area contributed by atoms with E-state index in [1.807, 2.05) is 42.1 Å². The number of rotatable bonds is 7. The van der Waals surface area contributed by atoms with Crippen molar-refractivity contribution in [2.24, 2.45) is 18.9 Å². The van der Waals surface area contributed by atoms with Crippen molar-refractivity contribution in [3.8, 4) is 5.75 Å². The molecule has 2 aromatic rings. The third-order valence-corrected chi connectivity index (χ3v) is 7.34. The van der Waals surface area contributed by atoms with Crippen molar-refractivity contribution in [2.75, 3.05) is 27.2 Å². The molecule has 0 N–H and O–H groups in total. The van der Waals surface area contributed by atoms with Crippen LogP contribution in [0.2, 0.25) is 0 Å². The number of methoxy groups -OCH3 is 1. The van der Waals surface area contributed by atoms with E-state index >= 15 is 0 Å². The number of aryl methyl sites for hydroxylation is 1. The van der Waals surface area contributed by atoms with E-state index in [4.69, 9.17) is 4.74 Å². The third-order valence-electron chi connectivity index (χ3n) is 7.34. The van der Waals surface area contributed by atoms with Crippen molar-refractivity contribution >= 4 is 11.8 Å². The molecule has 2 aliphatic rings. The number of piperidine rings is 1.